The molecule has 24 heavy (non-hydrogen) atoms. The van der Waals surface area contributed by atoms with E-state index in [1.807, 2.05) is 12.1 Å². The quantitative estimate of drug-likeness (QED) is 0.601. The van der Waals surface area contributed by atoms with Gasteiger partial charge in [-0.05, 0) is 55.2 Å². The predicted octanol–water partition coefficient (Wildman–Crippen LogP) is 5.08. The van der Waals surface area contributed by atoms with Crippen LogP contribution in [0.3, 0.4) is 0 Å². The third-order valence-electron chi connectivity index (χ3n) is 4.68. The second kappa shape index (κ2) is 7.26. The number of nitrogens with zero attached hydrogens (tertiary/aromatic N) is 1. The monoisotopic (exact) mass is 332 g/mol. The maximum absolute atomic E-state index is 13.5. The van der Waals surface area contributed by atoms with Crippen LogP contribution in [0.15, 0.2) is 36.4 Å². The maximum Gasteiger partial charge on any atom is 0.160 e. The molecule has 3 heteroatoms. The number of hydrogen-bond acceptors (Lipinski definition) is 2. The van der Waals surface area contributed by atoms with Crippen LogP contribution >= 0.6 is 0 Å². The molecule has 0 bridgehead atoms. The summed E-state index contributed by atoms with van der Waals surface area (Å²) in [6.07, 6.45) is 3.69. The molecule has 0 saturated carbocycles. The number of alkyl halides is 1. The van der Waals surface area contributed by atoms with E-state index < -0.39 is 5.79 Å². The molecule has 1 fully saturated rings. The zero-order chi connectivity index (χ0) is 18.0. The van der Waals surface area contributed by atoms with Crippen LogP contribution in [0.25, 0.3) is 0 Å². The molecule has 1 heterocycles. The van der Waals surface area contributed by atoms with Gasteiger partial charge in [0.05, 0.1) is 0 Å². The summed E-state index contributed by atoms with van der Waals surface area (Å²) in [5, 5.41) is 0. The summed E-state index contributed by atoms with van der Waals surface area (Å²) < 4.78 is 13.5. The molecule has 1 atom stereocenters. The standard InChI is InChI=1S/C21H33FN2/c1-16(14-20(2,3)4)18-10-12-24(13-11-18)19-8-6-17(7-9-19)15-21(5,22)23/h6-9,18H,1,10-15,23H2,2-5H3. The third kappa shape index (κ3) is 5.94. The molecule has 1 saturated heterocycles. The first kappa shape index (κ1) is 19.0. The molecular formula is C21H33FN2. The first-order valence-corrected chi connectivity index (χ1v) is 9.03. The van der Waals surface area contributed by atoms with E-state index in [4.69, 9.17) is 5.73 Å². The summed E-state index contributed by atoms with van der Waals surface area (Å²) in [6, 6.07) is 8.16. The second-order valence-electron chi connectivity index (χ2n) is 8.78. The van der Waals surface area contributed by atoms with Gasteiger partial charge in [0.2, 0.25) is 0 Å². The van der Waals surface area contributed by atoms with Crippen molar-refractivity contribution in [2.75, 3.05) is 18.0 Å². The van der Waals surface area contributed by atoms with Crippen molar-refractivity contribution < 1.29 is 4.39 Å². The van der Waals surface area contributed by atoms with Crippen molar-refractivity contribution in [2.24, 2.45) is 17.1 Å². The molecule has 1 aliphatic heterocycles. The Morgan fingerprint density at radius 1 is 1.17 bits per heavy atom. The van der Waals surface area contributed by atoms with Crippen molar-refractivity contribution >= 4 is 5.69 Å². The number of hydrogen-bond donors (Lipinski definition) is 1. The van der Waals surface area contributed by atoms with Gasteiger partial charge in [-0.2, -0.15) is 0 Å². The van der Waals surface area contributed by atoms with Gasteiger partial charge >= 0.3 is 0 Å². The molecule has 2 nitrogen and oxygen atoms in total. The summed E-state index contributed by atoms with van der Waals surface area (Å²) in [5.74, 6) is -1.00. The average Bonchev–Trinajstić information content (AvgIpc) is 2.45. The Balaban J connectivity index is 1.89. The van der Waals surface area contributed by atoms with Gasteiger partial charge in [0.25, 0.3) is 0 Å². The van der Waals surface area contributed by atoms with Crippen LogP contribution in [0.4, 0.5) is 10.1 Å². The minimum atomic E-state index is -1.65. The van der Waals surface area contributed by atoms with Gasteiger partial charge in [0.15, 0.2) is 5.79 Å². The Bertz CT molecular complexity index is 541. The lowest BCUT2D eigenvalue weighted by Gasteiger charge is -2.36. The van der Waals surface area contributed by atoms with Crippen molar-refractivity contribution in [3.8, 4) is 0 Å². The smallest absolute Gasteiger partial charge is 0.160 e. The molecule has 2 rings (SSSR count). The number of rotatable bonds is 5. The van der Waals surface area contributed by atoms with Crippen molar-refractivity contribution in [3.63, 3.8) is 0 Å². The van der Waals surface area contributed by atoms with E-state index in [0.29, 0.717) is 11.3 Å². The first-order valence-electron chi connectivity index (χ1n) is 9.03. The fourth-order valence-electron chi connectivity index (χ4n) is 3.60. The highest BCUT2D eigenvalue weighted by molar-refractivity contribution is 5.48. The van der Waals surface area contributed by atoms with Gasteiger partial charge < -0.3 is 4.90 Å². The van der Waals surface area contributed by atoms with Crippen LogP contribution in [0.2, 0.25) is 0 Å². The Morgan fingerprint density at radius 3 is 2.17 bits per heavy atom. The summed E-state index contributed by atoms with van der Waals surface area (Å²) in [6.45, 7) is 14.7. The van der Waals surface area contributed by atoms with Gasteiger partial charge in [0.1, 0.15) is 0 Å². The Hall–Kier alpha value is -1.35. The summed E-state index contributed by atoms with van der Waals surface area (Å²) in [5.41, 5.74) is 9.34. The summed E-state index contributed by atoms with van der Waals surface area (Å²) >= 11 is 0. The zero-order valence-corrected chi connectivity index (χ0v) is 15.7. The van der Waals surface area contributed by atoms with Gasteiger partial charge in [-0.1, -0.05) is 45.1 Å². The minimum Gasteiger partial charge on any atom is -0.371 e. The molecule has 0 aromatic heterocycles. The van der Waals surface area contributed by atoms with E-state index in [0.717, 1.165) is 25.1 Å². The maximum atomic E-state index is 13.5. The van der Waals surface area contributed by atoms with Crippen LogP contribution in [-0.4, -0.2) is 18.9 Å². The van der Waals surface area contributed by atoms with Crippen LogP contribution in [0.1, 0.15) is 52.5 Å². The van der Waals surface area contributed by atoms with E-state index in [-0.39, 0.29) is 6.42 Å². The van der Waals surface area contributed by atoms with E-state index in [1.54, 1.807) is 0 Å². The number of benzene rings is 1. The number of allylic oxidation sites excluding steroid dienone is 1. The number of anilines is 1. The van der Waals surface area contributed by atoms with Crippen molar-refractivity contribution in [1.82, 2.24) is 0 Å². The number of piperidine rings is 1. The topological polar surface area (TPSA) is 29.3 Å². The zero-order valence-electron chi connectivity index (χ0n) is 15.7. The van der Waals surface area contributed by atoms with Crippen molar-refractivity contribution in [2.45, 2.75) is 59.2 Å². The molecule has 0 aliphatic carbocycles. The molecule has 1 aromatic carbocycles. The lowest BCUT2D eigenvalue weighted by Crippen LogP contribution is -2.34. The number of nitrogens with two attached hydrogens (primary N) is 1. The largest absolute Gasteiger partial charge is 0.371 e. The highest BCUT2D eigenvalue weighted by Gasteiger charge is 2.24. The molecule has 0 radical (unpaired) electrons. The van der Waals surface area contributed by atoms with Gasteiger partial charge in [0, 0.05) is 25.2 Å². The Kier molecular flexibility index (Phi) is 5.74. The van der Waals surface area contributed by atoms with Crippen LogP contribution < -0.4 is 10.6 Å². The lowest BCUT2D eigenvalue weighted by molar-refractivity contribution is 0.200. The molecule has 0 amide bonds. The molecular weight excluding hydrogens is 299 g/mol. The Labute approximate surface area is 146 Å². The van der Waals surface area contributed by atoms with Crippen LogP contribution in [0.5, 0.6) is 0 Å². The van der Waals surface area contributed by atoms with E-state index >= 15 is 0 Å². The highest BCUT2D eigenvalue weighted by atomic mass is 19.1. The van der Waals surface area contributed by atoms with E-state index in [1.165, 1.54) is 31.0 Å². The normalized spacial score (nSPS) is 19.2. The second-order valence-corrected chi connectivity index (χ2v) is 8.78. The Morgan fingerprint density at radius 2 is 1.71 bits per heavy atom. The molecule has 1 unspecified atom stereocenters. The molecule has 134 valence electrons. The molecule has 2 N–H and O–H groups in total. The minimum absolute atomic E-state index is 0.252. The van der Waals surface area contributed by atoms with E-state index in [9.17, 15) is 4.39 Å². The third-order valence-corrected chi connectivity index (χ3v) is 4.68. The fourth-order valence-corrected chi connectivity index (χ4v) is 3.60. The van der Waals surface area contributed by atoms with Gasteiger partial charge in [-0.3, -0.25) is 5.73 Å². The van der Waals surface area contributed by atoms with Crippen molar-refractivity contribution in [1.29, 1.82) is 0 Å². The highest BCUT2D eigenvalue weighted by Crippen LogP contribution is 2.33. The fraction of sp³-hybridized carbons (Fsp3) is 0.619. The van der Waals surface area contributed by atoms with Gasteiger partial charge in [-0.15, -0.1) is 0 Å². The summed E-state index contributed by atoms with van der Waals surface area (Å²) in [4.78, 5) is 2.42. The van der Waals surface area contributed by atoms with Gasteiger partial charge in [-0.25, -0.2) is 4.39 Å². The van der Waals surface area contributed by atoms with Crippen molar-refractivity contribution in [3.05, 3.63) is 42.0 Å². The average molecular weight is 333 g/mol. The predicted molar refractivity (Wildman–Crippen MR) is 102 cm³/mol. The summed E-state index contributed by atoms with van der Waals surface area (Å²) in [7, 11) is 0. The van der Waals surface area contributed by atoms with Crippen LogP contribution in [-0.2, 0) is 6.42 Å². The molecule has 1 aromatic rings. The van der Waals surface area contributed by atoms with E-state index in [2.05, 4.69) is 44.4 Å². The first-order chi connectivity index (χ1) is 11.0. The molecule has 1 aliphatic rings. The number of halogens is 1. The SMILES string of the molecule is C=C(CC(C)(C)C)C1CCN(c2ccc(CC(C)(N)F)cc2)CC1. The molecule has 0 spiro atoms. The lowest BCUT2D eigenvalue weighted by atomic mass is 9.80. The van der Waals surface area contributed by atoms with Crippen LogP contribution in [0, 0.1) is 11.3 Å².